The van der Waals surface area contributed by atoms with Crippen molar-refractivity contribution in [2.24, 2.45) is 28.6 Å². The number of rotatable bonds is 7. The van der Waals surface area contributed by atoms with Gasteiger partial charge < -0.3 is 24.6 Å². The molecule has 8 atom stereocenters. The number of hydrogen-bond donors (Lipinski definition) is 2. The van der Waals surface area contributed by atoms with Gasteiger partial charge in [-0.3, -0.25) is 24.0 Å². The van der Waals surface area contributed by atoms with E-state index in [9.17, 15) is 39.0 Å². The van der Waals surface area contributed by atoms with Crippen LogP contribution in [-0.2, 0) is 38.2 Å². The molecule has 4 fully saturated rings. The van der Waals surface area contributed by atoms with Crippen molar-refractivity contribution in [1.29, 1.82) is 0 Å². The molecule has 42 heavy (non-hydrogen) atoms. The van der Waals surface area contributed by atoms with Gasteiger partial charge in [0.2, 0.25) is 11.7 Å². The zero-order chi connectivity index (χ0) is 30.6. The molecule has 1 amide bonds. The number of hydrogen-bond acceptors (Lipinski definition) is 10. The normalized spacial score (nSPS) is 39.1. The first-order chi connectivity index (χ1) is 19.7. The van der Waals surface area contributed by atoms with E-state index >= 15 is 0 Å². The maximum atomic E-state index is 13.8. The lowest BCUT2D eigenvalue weighted by atomic mass is 9.46. The smallest absolute Gasteiger partial charge is 0.328 e. The SMILES string of the molecule is COC(=O)C1CC(O)CN1C(=O)CCC(=O)OCC(=O)C1(O)CCC2C3CCC4=CC(=O)CCC4(C)C3C(=O)CC21C. The number of ether oxygens (including phenoxy) is 2. The van der Waals surface area contributed by atoms with Gasteiger partial charge in [-0.25, -0.2) is 4.79 Å². The number of ketones is 3. The number of amides is 1. The minimum Gasteiger partial charge on any atom is -0.467 e. The molecule has 5 aliphatic rings. The molecule has 11 heteroatoms. The van der Waals surface area contributed by atoms with Crippen molar-refractivity contribution >= 4 is 35.2 Å². The van der Waals surface area contributed by atoms with Crippen molar-refractivity contribution in [3.8, 4) is 0 Å². The number of Topliss-reactive ketones (excluding diaryl/α,β-unsaturated/α-hetero) is 2. The largest absolute Gasteiger partial charge is 0.467 e. The molecular formula is C31H41NO10. The Balaban J connectivity index is 1.20. The highest BCUT2D eigenvalue weighted by Gasteiger charge is 2.68. The molecule has 0 radical (unpaired) electrons. The first-order valence-electron chi connectivity index (χ1n) is 15.0. The van der Waals surface area contributed by atoms with E-state index in [2.05, 4.69) is 6.92 Å². The van der Waals surface area contributed by atoms with Crippen LogP contribution in [0.5, 0.6) is 0 Å². The molecule has 4 aliphatic carbocycles. The number of β-amino-alcohol motifs (C(OH)–C–C–N with tert-alkyl or cyclic N) is 1. The van der Waals surface area contributed by atoms with Crippen LogP contribution in [0.3, 0.4) is 0 Å². The number of carbonyl (C=O) groups is 6. The second kappa shape index (κ2) is 11.0. The molecule has 230 valence electrons. The molecule has 3 saturated carbocycles. The zero-order valence-electron chi connectivity index (χ0n) is 24.6. The van der Waals surface area contributed by atoms with Crippen LogP contribution >= 0.6 is 0 Å². The summed E-state index contributed by atoms with van der Waals surface area (Å²) in [5.74, 6) is -2.81. The molecule has 8 unspecified atom stereocenters. The summed E-state index contributed by atoms with van der Waals surface area (Å²) in [6, 6.07) is -0.923. The molecular weight excluding hydrogens is 546 g/mol. The van der Waals surface area contributed by atoms with E-state index < -0.39 is 53.4 Å². The summed E-state index contributed by atoms with van der Waals surface area (Å²) in [6.45, 7) is 3.17. The maximum absolute atomic E-state index is 13.8. The van der Waals surface area contributed by atoms with Gasteiger partial charge in [-0.1, -0.05) is 19.4 Å². The summed E-state index contributed by atoms with van der Waals surface area (Å²) in [4.78, 5) is 77.5. The van der Waals surface area contributed by atoms with Crippen LogP contribution in [-0.4, -0.2) is 88.3 Å². The van der Waals surface area contributed by atoms with Gasteiger partial charge >= 0.3 is 11.9 Å². The van der Waals surface area contributed by atoms with E-state index in [1.54, 1.807) is 13.0 Å². The van der Waals surface area contributed by atoms with E-state index in [0.29, 0.717) is 19.3 Å². The molecule has 0 aromatic carbocycles. The van der Waals surface area contributed by atoms with Crippen LogP contribution in [0.4, 0.5) is 0 Å². The molecule has 11 nitrogen and oxygen atoms in total. The topological polar surface area (TPSA) is 165 Å². The number of methoxy groups -OCH3 is 1. The van der Waals surface area contributed by atoms with Gasteiger partial charge in [0.25, 0.3) is 0 Å². The summed E-state index contributed by atoms with van der Waals surface area (Å²) in [5, 5.41) is 21.7. The number of esters is 2. The van der Waals surface area contributed by atoms with Crippen molar-refractivity contribution in [2.75, 3.05) is 20.3 Å². The first-order valence-corrected chi connectivity index (χ1v) is 15.0. The number of aliphatic hydroxyl groups excluding tert-OH is 1. The number of carbonyl (C=O) groups excluding carboxylic acids is 6. The highest BCUT2D eigenvalue weighted by atomic mass is 16.5. The number of aliphatic hydroxyl groups is 2. The highest BCUT2D eigenvalue weighted by molar-refractivity contribution is 5.95. The minimum atomic E-state index is -1.83. The summed E-state index contributed by atoms with van der Waals surface area (Å²) >= 11 is 0. The molecule has 1 heterocycles. The van der Waals surface area contributed by atoms with Crippen molar-refractivity contribution in [2.45, 2.75) is 95.8 Å². The Bertz CT molecular complexity index is 1240. The fourth-order valence-electron chi connectivity index (χ4n) is 8.98. The van der Waals surface area contributed by atoms with Gasteiger partial charge in [0.15, 0.2) is 12.4 Å². The van der Waals surface area contributed by atoms with Crippen molar-refractivity contribution in [3.05, 3.63) is 11.6 Å². The van der Waals surface area contributed by atoms with Crippen LogP contribution in [0.15, 0.2) is 11.6 Å². The summed E-state index contributed by atoms with van der Waals surface area (Å²) in [5.41, 5.74) is -2.15. The zero-order valence-corrected chi connectivity index (χ0v) is 24.6. The molecule has 1 saturated heterocycles. The Hall–Kier alpha value is -2.92. The lowest BCUT2D eigenvalue weighted by Gasteiger charge is -2.57. The third-order valence-electron chi connectivity index (χ3n) is 11.2. The second-order valence-electron chi connectivity index (χ2n) is 13.4. The minimum absolute atomic E-state index is 0.0000822. The van der Waals surface area contributed by atoms with Crippen LogP contribution in [0.25, 0.3) is 0 Å². The fraction of sp³-hybridized carbons (Fsp3) is 0.742. The lowest BCUT2D eigenvalue weighted by Crippen LogP contribution is -2.61. The second-order valence-corrected chi connectivity index (χ2v) is 13.4. The number of nitrogens with zero attached hydrogens (tertiary/aromatic N) is 1. The first kappa shape index (κ1) is 30.5. The van der Waals surface area contributed by atoms with Crippen molar-refractivity contribution in [3.63, 3.8) is 0 Å². The quantitative estimate of drug-likeness (QED) is 0.417. The Morgan fingerprint density at radius 3 is 2.52 bits per heavy atom. The molecule has 0 aromatic rings. The average Bonchev–Trinajstić information content (AvgIpc) is 3.47. The Kier molecular flexibility index (Phi) is 7.98. The van der Waals surface area contributed by atoms with E-state index in [1.807, 2.05) is 0 Å². The Morgan fingerprint density at radius 1 is 1.07 bits per heavy atom. The van der Waals surface area contributed by atoms with Crippen LogP contribution in [0.2, 0.25) is 0 Å². The summed E-state index contributed by atoms with van der Waals surface area (Å²) in [6.07, 6.45) is 3.58. The summed E-state index contributed by atoms with van der Waals surface area (Å²) < 4.78 is 9.87. The van der Waals surface area contributed by atoms with Crippen molar-refractivity contribution < 1.29 is 48.5 Å². The van der Waals surface area contributed by atoms with Gasteiger partial charge in [0, 0.05) is 43.6 Å². The molecule has 2 N–H and O–H groups in total. The highest BCUT2D eigenvalue weighted by Crippen LogP contribution is 2.66. The molecule has 0 aromatic heterocycles. The fourth-order valence-corrected chi connectivity index (χ4v) is 8.98. The number of fused-ring (bicyclic) bond motifs is 5. The van der Waals surface area contributed by atoms with Crippen molar-refractivity contribution in [1.82, 2.24) is 4.90 Å². The predicted octanol–water partition coefficient (Wildman–Crippen LogP) is 1.46. The summed E-state index contributed by atoms with van der Waals surface area (Å²) in [7, 11) is 1.19. The average molecular weight is 588 g/mol. The van der Waals surface area contributed by atoms with Gasteiger partial charge in [-0.05, 0) is 55.4 Å². The Labute approximate surface area is 245 Å². The van der Waals surface area contributed by atoms with E-state index in [1.165, 1.54) is 12.0 Å². The van der Waals surface area contributed by atoms with E-state index in [-0.39, 0.29) is 73.4 Å². The van der Waals surface area contributed by atoms with Gasteiger partial charge in [-0.15, -0.1) is 0 Å². The standard InChI is InChI=1S/C31H41NO10/c1-29-10-8-18(33)12-17(29)4-5-20-21-9-11-31(40,30(21,2)14-23(35)27(20)29)24(36)16-42-26(38)7-6-25(37)32-15-19(34)13-22(32)28(39)41-3/h12,19-22,27,34,40H,4-11,13-16H2,1-3H3. The third-order valence-corrected chi connectivity index (χ3v) is 11.2. The molecule has 5 rings (SSSR count). The van der Waals surface area contributed by atoms with Gasteiger partial charge in [0.1, 0.15) is 17.4 Å². The van der Waals surface area contributed by atoms with Gasteiger partial charge in [0.05, 0.1) is 19.6 Å². The number of allylic oxidation sites excluding steroid dienone is 1. The monoisotopic (exact) mass is 587 g/mol. The maximum Gasteiger partial charge on any atom is 0.328 e. The third kappa shape index (κ3) is 4.82. The van der Waals surface area contributed by atoms with Gasteiger partial charge in [-0.2, -0.15) is 0 Å². The Morgan fingerprint density at radius 2 is 1.81 bits per heavy atom. The number of likely N-dealkylation sites (tertiary alicyclic amines) is 1. The van der Waals surface area contributed by atoms with E-state index in [0.717, 1.165) is 18.4 Å². The van der Waals surface area contributed by atoms with Crippen LogP contribution in [0.1, 0.15) is 78.1 Å². The lowest BCUT2D eigenvalue weighted by molar-refractivity contribution is -0.174. The predicted molar refractivity (Wildman–Crippen MR) is 145 cm³/mol. The molecule has 1 aliphatic heterocycles. The van der Waals surface area contributed by atoms with Crippen LogP contribution < -0.4 is 0 Å². The molecule has 0 bridgehead atoms. The van der Waals surface area contributed by atoms with Crippen LogP contribution in [0, 0.1) is 28.6 Å². The molecule has 0 spiro atoms. The van der Waals surface area contributed by atoms with E-state index in [4.69, 9.17) is 9.47 Å².